The van der Waals surface area contributed by atoms with Crippen molar-refractivity contribution in [2.24, 2.45) is 0 Å². The van der Waals surface area contributed by atoms with Crippen molar-refractivity contribution in [1.82, 2.24) is 15.1 Å². The maximum absolute atomic E-state index is 12.4. The summed E-state index contributed by atoms with van der Waals surface area (Å²) in [6.07, 6.45) is 0.274. The van der Waals surface area contributed by atoms with Crippen LogP contribution < -0.4 is 15.0 Å². The summed E-state index contributed by atoms with van der Waals surface area (Å²) >= 11 is 0. The highest BCUT2D eigenvalue weighted by atomic mass is 16.5. The number of hydrogen-bond acceptors (Lipinski definition) is 4. The van der Waals surface area contributed by atoms with Crippen LogP contribution in [0.15, 0.2) is 24.3 Å². The number of hydrogen-bond donors (Lipinski definition) is 1. The lowest BCUT2D eigenvalue weighted by Gasteiger charge is -2.34. The zero-order valence-electron chi connectivity index (χ0n) is 15.1. The minimum absolute atomic E-state index is 0.0232. The summed E-state index contributed by atoms with van der Waals surface area (Å²) in [6.45, 7) is 4.07. The maximum atomic E-state index is 12.4. The van der Waals surface area contributed by atoms with E-state index in [-0.39, 0.29) is 30.3 Å². The molecule has 8 nitrogen and oxygen atoms in total. The molecule has 2 aliphatic heterocycles. The van der Waals surface area contributed by atoms with E-state index in [1.807, 2.05) is 24.3 Å². The van der Waals surface area contributed by atoms with Crippen LogP contribution in [-0.2, 0) is 9.59 Å². The monoisotopic (exact) mass is 360 g/mol. The van der Waals surface area contributed by atoms with E-state index in [0.29, 0.717) is 38.5 Å². The van der Waals surface area contributed by atoms with Gasteiger partial charge in [0.1, 0.15) is 5.75 Å². The number of urea groups is 1. The van der Waals surface area contributed by atoms with Gasteiger partial charge >= 0.3 is 6.03 Å². The highest BCUT2D eigenvalue weighted by Gasteiger charge is 2.33. The molecule has 1 N–H and O–H groups in total. The Morgan fingerprint density at radius 1 is 1.15 bits per heavy atom. The quantitative estimate of drug-likeness (QED) is 0.859. The molecule has 1 unspecified atom stereocenters. The van der Waals surface area contributed by atoms with Crippen LogP contribution in [0.1, 0.15) is 13.3 Å². The second kappa shape index (κ2) is 7.63. The third-order valence-corrected chi connectivity index (χ3v) is 4.83. The number of ether oxygens (including phenoxy) is 1. The number of nitrogens with zero attached hydrogens (tertiary/aromatic N) is 3. The largest absolute Gasteiger partial charge is 0.497 e. The molecule has 3 rings (SSSR count). The van der Waals surface area contributed by atoms with Crippen LogP contribution in [0.5, 0.6) is 5.75 Å². The fraction of sp³-hybridized carbons (Fsp3) is 0.500. The van der Waals surface area contributed by atoms with Gasteiger partial charge in [-0.1, -0.05) is 6.07 Å². The maximum Gasteiger partial charge on any atom is 0.317 e. The van der Waals surface area contributed by atoms with Crippen LogP contribution in [0.4, 0.5) is 10.5 Å². The van der Waals surface area contributed by atoms with Crippen LogP contribution >= 0.6 is 0 Å². The standard InChI is InChI=1S/C18H24N4O4/c1-13(23)20-6-8-21(9-7-20)18(25)19-14-10-17(24)22(12-14)15-4-3-5-16(11-15)26-2/h3-5,11,14H,6-10,12H2,1-2H3,(H,19,25). The van der Waals surface area contributed by atoms with Crippen LogP contribution in [0.25, 0.3) is 0 Å². The molecule has 0 bridgehead atoms. The Bertz CT molecular complexity index is 700. The van der Waals surface area contributed by atoms with Crippen molar-refractivity contribution >= 4 is 23.5 Å². The molecule has 1 aromatic rings. The summed E-state index contributed by atoms with van der Waals surface area (Å²) in [5.41, 5.74) is 0.765. The fourth-order valence-electron chi connectivity index (χ4n) is 3.32. The average Bonchev–Trinajstić information content (AvgIpc) is 3.02. The van der Waals surface area contributed by atoms with Crippen LogP contribution in [0, 0.1) is 0 Å². The SMILES string of the molecule is COc1cccc(N2CC(NC(=O)N3CCN(C(C)=O)CC3)CC2=O)c1. The molecule has 2 heterocycles. The highest BCUT2D eigenvalue weighted by molar-refractivity contribution is 5.97. The Labute approximate surface area is 152 Å². The first kappa shape index (κ1) is 18.0. The zero-order chi connectivity index (χ0) is 18.7. The molecular formula is C18H24N4O4. The highest BCUT2D eigenvalue weighted by Crippen LogP contribution is 2.25. The van der Waals surface area contributed by atoms with Crippen molar-refractivity contribution in [3.8, 4) is 5.75 Å². The lowest BCUT2D eigenvalue weighted by atomic mass is 10.2. The number of amides is 4. The van der Waals surface area contributed by atoms with Crippen molar-refractivity contribution in [3.05, 3.63) is 24.3 Å². The van der Waals surface area contributed by atoms with Gasteiger partial charge in [-0.3, -0.25) is 9.59 Å². The third kappa shape index (κ3) is 3.89. The first-order valence-corrected chi connectivity index (χ1v) is 8.73. The topological polar surface area (TPSA) is 82.2 Å². The van der Waals surface area contributed by atoms with Crippen molar-refractivity contribution < 1.29 is 19.1 Å². The number of carbonyl (C=O) groups excluding carboxylic acids is 3. The fourth-order valence-corrected chi connectivity index (χ4v) is 3.32. The lowest BCUT2D eigenvalue weighted by molar-refractivity contribution is -0.130. The van der Waals surface area contributed by atoms with E-state index in [4.69, 9.17) is 4.74 Å². The van der Waals surface area contributed by atoms with Crippen molar-refractivity contribution in [3.63, 3.8) is 0 Å². The van der Waals surface area contributed by atoms with E-state index in [1.165, 1.54) is 6.92 Å². The molecule has 4 amide bonds. The van der Waals surface area contributed by atoms with Gasteiger partial charge in [0.25, 0.3) is 0 Å². The lowest BCUT2D eigenvalue weighted by Crippen LogP contribution is -2.54. The molecule has 0 aliphatic carbocycles. The average molecular weight is 360 g/mol. The molecule has 2 fully saturated rings. The summed E-state index contributed by atoms with van der Waals surface area (Å²) in [5, 5.41) is 2.94. The molecule has 26 heavy (non-hydrogen) atoms. The van der Waals surface area contributed by atoms with E-state index in [0.717, 1.165) is 5.69 Å². The van der Waals surface area contributed by atoms with Gasteiger partial charge in [-0.15, -0.1) is 0 Å². The molecule has 2 aliphatic rings. The van der Waals surface area contributed by atoms with E-state index >= 15 is 0 Å². The molecule has 8 heteroatoms. The third-order valence-electron chi connectivity index (χ3n) is 4.83. The van der Waals surface area contributed by atoms with Crippen molar-refractivity contribution in [2.75, 3.05) is 44.7 Å². The van der Waals surface area contributed by atoms with Gasteiger partial charge in [-0.2, -0.15) is 0 Å². The predicted molar refractivity (Wildman–Crippen MR) is 96.1 cm³/mol. The smallest absolute Gasteiger partial charge is 0.317 e. The Balaban J connectivity index is 1.56. The van der Waals surface area contributed by atoms with Crippen LogP contribution in [0.3, 0.4) is 0 Å². The molecule has 0 radical (unpaired) electrons. The van der Waals surface area contributed by atoms with E-state index in [9.17, 15) is 14.4 Å². The number of nitrogens with one attached hydrogen (secondary N) is 1. The van der Waals surface area contributed by atoms with E-state index in [2.05, 4.69) is 5.32 Å². The van der Waals surface area contributed by atoms with Gasteiger partial charge < -0.3 is 24.8 Å². The van der Waals surface area contributed by atoms with Crippen molar-refractivity contribution in [1.29, 1.82) is 0 Å². The first-order chi connectivity index (χ1) is 12.5. The molecule has 0 spiro atoms. The van der Waals surface area contributed by atoms with Crippen LogP contribution in [-0.4, -0.2) is 73.5 Å². The molecule has 0 aromatic heterocycles. The number of benzene rings is 1. The predicted octanol–water partition coefficient (Wildman–Crippen LogP) is 0.674. The van der Waals surface area contributed by atoms with E-state index in [1.54, 1.807) is 21.8 Å². The van der Waals surface area contributed by atoms with Gasteiger partial charge in [0, 0.05) is 57.8 Å². The second-order valence-corrected chi connectivity index (χ2v) is 6.55. The molecule has 1 atom stereocenters. The van der Waals surface area contributed by atoms with Gasteiger partial charge in [-0.25, -0.2) is 4.79 Å². The molecule has 140 valence electrons. The van der Waals surface area contributed by atoms with E-state index < -0.39 is 0 Å². The number of carbonyl (C=O) groups is 3. The summed E-state index contributed by atoms with van der Waals surface area (Å²) in [7, 11) is 1.58. The van der Waals surface area contributed by atoms with Gasteiger partial charge in [-0.05, 0) is 12.1 Å². The summed E-state index contributed by atoms with van der Waals surface area (Å²) in [6, 6.07) is 6.91. The van der Waals surface area contributed by atoms with Gasteiger partial charge in [0.15, 0.2) is 0 Å². The number of rotatable bonds is 3. The number of anilines is 1. The molecule has 1 aromatic carbocycles. The first-order valence-electron chi connectivity index (χ1n) is 8.73. The minimum Gasteiger partial charge on any atom is -0.497 e. The minimum atomic E-state index is -0.230. The summed E-state index contributed by atoms with van der Waals surface area (Å²) < 4.78 is 5.20. The number of methoxy groups -OCH3 is 1. The van der Waals surface area contributed by atoms with Gasteiger partial charge in [0.2, 0.25) is 11.8 Å². The normalized spacial score (nSPS) is 20.3. The summed E-state index contributed by atoms with van der Waals surface area (Å²) in [5.74, 6) is 0.691. The van der Waals surface area contributed by atoms with Crippen molar-refractivity contribution in [2.45, 2.75) is 19.4 Å². The summed E-state index contributed by atoms with van der Waals surface area (Å²) in [4.78, 5) is 41.2. The number of piperazine rings is 1. The Kier molecular flexibility index (Phi) is 5.29. The second-order valence-electron chi connectivity index (χ2n) is 6.55. The molecule has 2 saturated heterocycles. The molecular weight excluding hydrogens is 336 g/mol. The molecule has 0 saturated carbocycles. The Morgan fingerprint density at radius 3 is 2.50 bits per heavy atom. The Morgan fingerprint density at radius 2 is 1.85 bits per heavy atom. The zero-order valence-corrected chi connectivity index (χ0v) is 15.1. The van der Waals surface area contributed by atoms with Crippen LogP contribution in [0.2, 0.25) is 0 Å². The Hall–Kier alpha value is -2.77. The van der Waals surface area contributed by atoms with Gasteiger partial charge in [0.05, 0.1) is 13.2 Å².